The lowest BCUT2D eigenvalue weighted by atomic mass is 9.88. The van der Waals surface area contributed by atoms with E-state index in [4.69, 9.17) is 0 Å². The average Bonchev–Trinajstić information content (AvgIpc) is 2.60. The third-order valence-electron chi connectivity index (χ3n) is 5.72. The van der Waals surface area contributed by atoms with E-state index in [1.165, 1.54) is 77.0 Å². The SMILES string of the molecule is CCCC(=O)CCCC(=O)C1CCCCCCCCCCCCCC1. The van der Waals surface area contributed by atoms with Crippen molar-refractivity contribution < 1.29 is 9.59 Å². The summed E-state index contributed by atoms with van der Waals surface area (Å²) in [5, 5.41) is 0. The molecule has 0 radical (unpaired) electrons. The Labute approximate surface area is 156 Å². The molecule has 0 aromatic heterocycles. The summed E-state index contributed by atoms with van der Waals surface area (Å²) in [7, 11) is 0. The van der Waals surface area contributed by atoms with Crippen LogP contribution in [0.15, 0.2) is 0 Å². The quantitative estimate of drug-likeness (QED) is 0.487. The van der Waals surface area contributed by atoms with Gasteiger partial charge in [0.15, 0.2) is 0 Å². The largest absolute Gasteiger partial charge is 0.300 e. The summed E-state index contributed by atoms with van der Waals surface area (Å²) in [5.41, 5.74) is 0. The van der Waals surface area contributed by atoms with Crippen molar-refractivity contribution in [1.29, 1.82) is 0 Å². The van der Waals surface area contributed by atoms with Gasteiger partial charge in [0, 0.05) is 25.2 Å². The maximum Gasteiger partial charge on any atom is 0.135 e. The standard InChI is InChI=1S/C23H42O2/c1-2-16-22(24)19-15-20-23(25)21-17-13-11-9-7-5-3-4-6-8-10-12-14-18-21/h21H,2-20H2,1H3. The fourth-order valence-corrected chi connectivity index (χ4v) is 4.08. The van der Waals surface area contributed by atoms with Crippen LogP contribution < -0.4 is 0 Å². The number of hydrogen-bond acceptors (Lipinski definition) is 2. The van der Waals surface area contributed by atoms with Crippen LogP contribution in [-0.4, -0.2) is 11.6 Å². The van der Waals surface area contributed by atoms with Crippen LogP contribution in [0.4, 0.5) is 0 Å². The average molecular weight is 351 g/mol. The summed E-state index contributed by atoms with van der Waals surface area (Å²) in [5.74, 6) is 1.04. The van der Waals surface area contributed by atoms with Gasteiger partial charge >= 0.3 is 0 Å². The van der Waals surface area contributed by atoms with Crippen molar-refractivity contribution >= 4 is 11.6 Å². The lowest BCUT2D eigenvalue weighted by Gasteiger charge is -2.16. The molecule has 2 nitrogen and oxygen atoms in total. The monoisotopic (exact) mass is 350 g/mol. The van der Waals surface area contributed by atoms with Crippen LogP contribution in [0.2, 0.25) is 0 Å². The molecule has 1 fully saturated rings. The highest BCUT2D eigenvalue weighted by atomic mass is 16.1. The van der Waals surface area contributed by atoms with Crippen LogP contribution in [0.1, 0.15) is 129 Å². The fourth-order valence-electron chi connectivity index (χ4n) is 4.08. The minimum atomic E-state index is 0.270. The van der Waals surface area contributed by atoms with E-state index in [9.17, 15) is 9.59 Å². The van der Waals surface area contributed by atoms with Crippen LogP contribution in [0.3, 0.4) is 0 Å². The Morgan fingerprint density at radius 1 is 0.640 bits per heavy atom. The van der Waals surface area contributed by atoms with E-state index in [2.05, 4.69) is 0 Å². The van der Waals surface area contributed by atoms with Gasteiger partial charge in [-0.25, -0.2) is 0 Å². The van der Waals surface area contributed by atoms with E-state index in [1.54, 1.807) is 0 Å². The maximum atomic E-state index is 12.6. The molecule has 146 valence electrons. The van der Waals surface area contributed by atoms with Gasteiger partial charge in [0.2, 0.25) is 0 Å². The van der Waals surface area contributed by atoms with Gasteiger partial charge in [0.05, 0.1) is 0 Å². The Morgan fingerprint density at radius 2 is 1.08 bits per heavy atom. The maximum absolute atomic E-state index is 12.6. The summed E-state index contributed by atoms with van der Waals surface area (Å²) in [6, 6.07) is 0. The third kappa shape index (κ3) is 12.3. The molecule has 25 heavy (non-hydrogen) atoms. The van der Waals surface area contributed by atoms with Gasteiger partial charge in [0.1, 0.15) is 11.6 Å². The normalized spacial score (nSPS) is 19.7. The van der Waals surface area contributed by atoms with Crippen LogP contribution in [0.5, 0.6) is 0 Å². The zero-order chi connectivity index (χ0) is 18.2. The fraction of sp³-hybridized carbons (Fsp3) is 0.913. The summed E-state index contributed by atoms with van der Waals surface area (Å²) in [6.45, 7) is 2.04. The summed E-state index contributed by atoms with van der Waals surface area (Å²) in [4.78, 5) is 24.3. The van der Waals surface area contributed by atoms with Crippen molar-refractivity contribution in [2.45, 2.75) is 129 Å². The molecule has 1 rings (SSSR count). The highest BCUT2D eigenvalue weighted by Gasteiger charge is 2.18. The van der Waals surface area contributed by atoms with Crippen molar-refractivity contribution in [2.75, 3.05) is 0 Å². The molecule has 1 saturated carbocycles. The predicted octanol–water partition coefficient (Wildman–Crippen LogP) is 7.19. The van der Waals surface area contributed by atoms with Gasteiger partial charge in [-0.3, -0.25) is 9.59 Å². The van der Waals surface area contributed by atoms with Crippen molar-refractivity contribution in [3.63, 3.8) is 0 Å². The van der Waals surface area contributed by atoms with E-state index in [0.717, 1.165) is 25.7 Å². The molecule has 0 unspecified atom stereocenters. The smallest absolute Gasteiger partial charge is 0.135 e. The van der Waals surface area contributed by atoms with Gasteiger partial charge in [0.25, 0.3) is 0 Å². The number of carbonyl (C=O) groups excluding carboxylic acids is 2. The Kier molecular flexibility index (Phi) is 14.0. The van der Waals surface area contributed by atoms with Crippen molar-refractivity contribution in [3.8, 4) is 0 Å². The molecular weight excluding hydrogens is 308 g/mol. The van der Waals surface area contributed by atoms with Crippen molar-refractivity contribution in [1.82, 2.24) is 0 Å². The molecule has 0 heterocycles. The molecule has 0 amide bonds. The minimum Gasteiger partial charge on any atom is -0.300 e. The van der Waals surface area contributed by atoms with Crippen molar-refractivity contribution in [3.05, 3.63) is 0 Å². The number of rotatable bonds is 7. The van der Waals surface area contributed by atoms with Crippen LogP contribution in [0, 0.1) is 5.92 Å². The van der Waals surface area contributed by atoms with Crippen LogP contribution in [0.25, 0.3) is 0 Å². The number of ketones is 2. The second kappa shape index (κ2) is 15.6. The van der Waals surface area contributed by atoms with Gasteiger partial charge in [-0.05, 0) is 25.7 Å². The summed E-state index contributed by atoms with van der Waals surface area (Å²) in [6.07, 6.45) is 21.8. The van der Waals surface area contributed by atoms with Crippen LogP contribution >= 0.6 is 0 Å². The molecule has 2 heteroatoms. The van der Waals surface area contributed by atoms with E-state index < -0.39 is 0 Å². The molecule has 0 aliphatic heterocycles. The summed E-state index contributed by atoms with van der Waals surface area (Å²) >= 11 is 0. The zero-order valence-electron chi connectivity index (χ0n) is 16.8. The van der Waals surface area contributed by atoms with Gasteiger partial charge < -0.3 is 0 Å². The molecule has 0 saturated heterocycles. The van der Waals surface area contributed by atoms with Gasteiger partial charge in [-0.1, -0.05) is 84.0 Å². The Balaban J connectivity index is 2.34. The second-order valence-corrected chi connectivity index (χ2v) is 8.13. The molecule has 0 N–H and O–H groups in total. The van der Waals surface area contributed by atoms with Gasteiger partial charge in [-0.15, -0.1) is 0 Å². The van der Waals surface area contributed by atoms with Crippen molar-refractivity contribution in [2.24, 2.45) is 5.92 Å². The first-order valence-electron chi connectivity index (χ1n) is 11.3. The van der Waals surface area contributed by atoms with Gasteiger partial charge in [-0.2, -0.15) is 0 Å². The number of hydrogen-bond donors (Lipinski definition) is 0. The van der Waals surface area contributed by atoms with Crippen LogP contribution in [-0.2, 0) is 9.59 Å². The molecule has 1 aliphatic rings. The lowest BCUT2D eigenvalue weighted by Crippen LogP contribution is -2.15. The molecule has 0 bridgehead atoms. The first-order valence-corrected chi connectivity index (χ1v) is 11.3. The van der Waals surface area contributed by atoms with E-state index in [1.807, 2.05) is 6.92 Å². The molecular formula is C23H42O2. The zero-order valence-corrected chi connectivity index (χ0v) is 16.8. The molecule has 1 aliphatic carbocycles. The number of carbonyl (C=O) groups is 2. The first-order chi connectivity index (χ1) is 12.2. The molecule has 0 spiro atoms. The highest BCUT2D eigenvalue weighted by Crippen LogP contribution is 2.23. The Hall–Kier alpha value is -0.660. The Morgan fingerprint density at radius 3 is 1.52 bits per heavy atom. The van der Waals surface area contributed by atoms with E-state index >= 15 is 0 Å². The van der Waals surface area contributed by atoms with E-state index in [-0.39, 0.29) is 5.92 Å². The summed E-state index contributed by atoms with van der Waals surface area (Å²) < 4.78 is 0. The second-order valence-electron chi connectivity index (χ2n) is 8.13. The lowest BCUT2D eigenvalue weighted by molar-refractivity contribution is -0.123. The topological polar surface area (TPSA) is 34.1 Å². The first kappa shape index (κ1) is 22.4. The molecule has 0 aromatic carbocycles. The predicted molar refractivity (Wildman–Crippen MR) is 107 cm³/mol. The highest BCUT2D eigenvalue weighted by molar-refractivity contribution is 5.82. The Bertz CT molecular complexity index is 332. The number of Topliss-reactive ketones (excluding diaryl/α,β-unsaturated/α-hetero) is 2. The third-order valence-corrected chi connectivity index (χ3v) is 5.72. The minimum absolute atomic E-state index is 0.270. The molecule has 0 atom stereocenters. The molecule has 0 aromatic rings. The van der Waals surface area contributed by atoms with E-state index in [0.29, 0.717) is 30.8 Å².